The van der Waals surface area contributed by atoms with Gasteiger partial charge < -0.3 is 14.3 Å². The van der Waals surface area contributed by atoms with Crippen molar-refractivity contribution in [3.63, 3.8) is 0 Å². The van der Waals surface area contributed by atoms with Gasteiger partial charge in [0, 0.05) is 56.3 Å². The van der Waals surface area contributed by atoms with E-state index in [0.29, 0.717) is 23.4 Å². The third-order valence-electron chi connectivity index (χ3n) is 6.28. The molecule has 1 aliphatic heterocycles. The van der Waals surface area contributed by atoms with Crippen LogP contribution in [-0.2, 0) is 0 Å². The molecule has 6 nitrogen and oxygen atoms in total. The molecule has 1 atom stereocenters. The molecular weight excluding hydrogens is 487 g/mol. The number of ether oxygens (including phenoxy) is 1. The second kappa shape index (κ2) is 13.7. The zero-order chi connectivity index (χ0) is 23.2. The van der Waals surface area contributed by atoms with Gasteiger partial charge >= 0.3 is 5.63 Å². The molecule has 3 aromatic rings. The van der Waals surface area contributed by atoms with Crippen LogP contribution in [0.15, 0.2) is 63.8 Å². The van der Waals surface area contributed by atoms with Crippen LogP contribution in [-0.4, -0.2) is 66.9 Å². The SMILES string of the molecule is Cc1c(C)c2ccc(OC[C@@H](O)CN3CCN(C/C=C/c4ccccc4)CC3)cc2oc1=O.Cl.Cl. The summed E-state index contributed by atoms with van der Waals surface area (Å²) in [5.41, 5.74) is 2.94. The van der Waals surface area contributed by atoms with E-state index >= 15 is 0 Å². The first-order valence-corrected chi connectivity index (χ1v) is 11.5. The first-order chi connectivity index (χ1) is 16.0. The van der Waals surface area contributed by atoms with E-state index in [4.69, 9.17) is 9.15 Å². The Bertz CT molecular complexity index is 1160. The zero-order valence-electron chi connectivity index (χ0n) is 20.2. The van der Waals surface area contributed by atoms with E-state index in [-0.39, 0.29) is 37.0 Å². The second-order valence-electron chi connectivity index (χ2n) is 8.68. The molecule has 0 bridgehead atoms. The average Bonchev–Trinajstić information content (AvgIpc) is 2.83. The van der Waals surface area contributed by atoms with Gasteiger partial charge in [-0.05, 0) is 37.1 Å². The largest absolute Gasteiger partial charge is 0.491 e. The lowest BCUT2D eigenvalue weighted by atomic mass is 10.1. The first kappa shape index (κ1) is 28.9. The summed E-state index contributed by atoms with van der Waals surface area (Å²) in [7, 11) is 0. The molecule has 0 unspecified atom stereocenters. The summed E-state index contributed by atoms with van der Waals surface area (Å²) >= 11 is 0. The summed E-state index contributed by atoms with van der Waals surface area (Å²) in [5.74, 6) is 0.586. The van der Waals surface area contributed by atoms with Crippen molar-refractivity contribution in [2.45, 2.75) is 20.0 Å². The Morgan fingerprint density at radius 1 is 1.00 bits per heavy atom. The second-order valence-corrected chi connectivity index (χ2v) is 8.68. The summed E-state index contributed by atoms with van der Waals surface area (Å²) < 4.78 is 11.2. The molecule has 1 aromatic heterocycles. The van der Waals surface area contributed by atoms with Gasteiger partial charge in [-0.15, -0.1) is 24.8 Å². The minimum atomic E-state index is -0.586. The molecule has 0 aliphatic carbocycles. The Balaban J connectivity index is 0.00000216. The maximum atomic E-state index is 11.9. The number of rotatable bonds is 8. The topological polar surface area (TPSA) is 66.2 Å². The minimum Gasteiger partial charge on any atom is -0.491 e. The molecule has 8 heteroatoms. The van der Waals surface area contributed by atoms with E-state index in [9.17, 15) is 9.90 Å². The highest BCUT2D eigenvalue weighted by Crippen LogP contribution is 2.24. The van der Waals surface area contributed by atoms with Crippen LogP contribution in [0.2, 0.25) is 0 Å². The molecule has 0 amide bonds. The normalized spacial score (nSPS) is 15.5. The van der Waals surface area contributed by atoms with Crippen LogP contribution in [0.4, 0.5) is 0 Å². The molecule has 0 radical (unpaired) electrons. The number of aryl methyl sites for hydroxylation is 1. The fraction of sp³-hybridized carbons (Fsp3) is 0.370. The Labute approximate surface area is 219 Å². The number of halogens is 2. The Kier molecular flexibility index (Phi) is 11.3. The summed E-state index contributed by atoms with van der Waals surface area (Å²) in [5, 5.41) is 11.4. The third-order valence-corrected chi connectivity index (χ3v) is 6.28. The number of fused-ring (bicyclic) bond motifs is 1. The molecule has 4 rings (SSSR count). The van der Waals surface area contributed by atoms with Crippen LogP contribution in [0.5, 0.6) is 5.75 Å². The van der Waals surface area contributed by atoms with E-state index in [1.165, 1.54) is 5.56 Å². The molecule has 2 aromatic carbocycles. The fourth-order valence-electron chi connectivity index (χ4n) is 4.12. The van der Waals surface area contributed by atoms with Crippen LogP contribution < -0.4 is 10.4 Å². The zero-order valence-corrected chi connectivity index (χ0v) is 21.8. The fourth-order valence-corrected chi connectivity index (χ4v) is 4.12. The van der Waals surface area contributed by atoms with Gasteiger partial charge in [-0.3, -0.25) is 9.80 Å². The van der Waals surface area contributed by atoms with Crippen molar-refractivity contribution >= 4 is 41.9 Å². The van der Waals surface area contributed by atoms with Gasteiger partial charge in [0.2, 0.25) is 0 Å². The van der Waals surface area contributed by atoms with Crippen LogP contribution in [0.25, 0.3) is 17.0 Å². The molecule has 0 saturated carbocycles. The van der Waals surface area contributed by atoms with Gasteiger partial charge in [-0.25, -0.2) is 4.79 Å². The number of benzene rings is 2. The lowest BCUT2D eigenvalue weighted by molar-refractivity contribution is 0.0482. The maximum Gasteiger partial charge on any atom is 0.339 e. The molecule has 2 heterocycles. The highest BCUT2D eigenvalue weighted by molar-refractivity contribution is 5.85. The van der Waals surface area contributed by atoms with Gasteiger partial charge in [-0.2, -0.15) is 0 Å². The molecule has 0 spiro atoms. The summed E-state index contributed by atoms with van der Waals surface area (Å²) in [4.78, 5) is 16.6. The highest BCUT2D eigenvalue weighted by Gasteiger charge is 2.19. The summed E-state index contributed by atoms with van der Waals surface area (Å²) in [6.45, 7) is 9.21. The Hall–Kier alpha value is -2.35. The van der Waals surface area contributed by atoms with Crippen molar-refractivity contribution < 1.29 is 14.3 Å². The number of aliphatic hydroxyl groups is 1. The lowest BCUT2D eigenvalue weighted by Gasteiger charge is -2.35. The number of aliphatic hydroxyl groups excluding tert-OH is 1. The van der Waals surface area contributed by atoms with Gasteiger partial charge in [0.25, 0.3) is 0 Å². The monoisotopic (exact) mass is 520 g/mol. The number of β-amino-alcohol motifs (C(OH)–C–C–N with tert-alkyl or cyclic N) is 1. The van der Waals surface area contributed by atoms with E-state index in [2.05, 4.69) is 34.1 Å². The van der Waals surface area contributed by atoms with E-state index in [0.717, 1.165) is 43.7 Å². The predicted molar refractivity (Wildman–Crippen MR) is 146 cm³/mol. The van der Waals surface area contributed by atoms with Gasteiger partial charge in [-0.1, -0.05) is 42.5 Å². The maximum absolute atomic E-state index is 11.9. The average molecular weight is 521 g/mol. The Morgan fingerprint density at radius 2 is 1.69 bits per heavy atom. The van der Waals surface area contributed by atoms with Crippen molar-refractivity contribution in [3.05, 3.63) is 81.7 Å². The highest BCUT2D eigenvalue weighted by atomic mass is 35.5. The van der Waals surface area contributed by atoms with Crippen molar-refractivity contribution in [2.24, 2.45) is 0 Å². The van der Waals surface area contributed by atoms with Gasteiger partial charge in [0.1, 0.15) is 24.0 Å². The summed E-state index contributed by atoms with van der Waals surface area (Å²) in [6.07, 6.45) is 3.78. The first-order valence-electron chi connectivity index (χ1n) is 11.5. The predicted octanol–water partition coefficient (Wildman–Crippen LogP) is 4.32. The van der Waals surface area contributed by atoms with E-state index in [1.807, 2.05) is 37.3 Å². The quantitative estimate of drug-likeness (QED) is 0.446. The van der Waals surface area contributed by atoms with Crippen LogP contribution >= 0.6 is 24.8 Å². The third kappa shape index (κ3) is 7.82. The number of hydrogen-bond donors (Lipinski definition) is 1. The lowest BCUT2D eigenvalue weighted by Crippen LogP contribution is -2.49. The molecule has 1 saturated heterocycles. The number of hydrogen-bond acceptors (Lipinski definition) is 6. The van der Waals surface area contributed by atoms with Crippen molar-refractivity contribution in [1.82, 2.24) is 9.80 Å². The number of piperazine rings is 1. The van der Waals surface area contributed by atoms with Gasteiger partial charge in [0.15, 0.2) is 0 Å². The molecule has 35 heavy (non-hydrogen) atoms. The summed E-state index contributed by atoms with van der Waals surface area (Å²) in [6, 6.07) is 15.8. The van der Waals surface area contributed by atoms with Crippen LogP contribution in [0.1, 0.15) is 16.7 Å². The molecular formula is C27H34Cl2N2O4. The smallest absolute Gasteiger partial charge is 0.339 e. The van der Waals surface area contributed by atoms with E-state index in [1.54, 1.807) is 13.0 Å². The Morgan fingerprint density at radius 3 is 2.40 bits per heavy atom. The van der Waals surface area contributed by atoms with Gasteiger partial charge in [0.05, 0.1) is 0 Å². The van der Waals surface area contributed by atoms with E-state index < -0.39 is 6.10 Å². The molecule has 190 valence electrons. The minimum absolute atomic E-state index is 0. The van der Waals surface area contributed by atoms with Crippen LogP contribution in [0, 0.1) is 13.8 Å². The van der Waals surface area contributed by atoms with Crippen molar-refractivity contribution in [3.8, 4) is 5.75 Å². The van der Waals surface area contributed by atoms with Crippen molar-refractivity contribution in [1.29, 1.82) is 0 Å². The standard InChI is InChI=1S/C27H32N2O4.2ClH/c1-20-21(2)27(31)33-26-17-24(10-11-25(20)26)32-19-23(30)18-29-15-13-28(14-16-29)12-6-9-22-7-4-3-5-8-22;;/h3-11,17,23,30H,12-16,18-19H2,1-2H3;2*1H/b9-6+;;/t23-;;/m0../s1. The molecule has 1 N–H and O–H groups in total. The number of nitrogens with zero attached hydrogens (tertiary/aromatic N) is 2. The van der Waals surface area contributed by atoms with Crippen LogP contribution in [0.3, 0.4) is 0 Å². The van der Waals surface area contributed by atoms with Crippen molar-refractivity contribution in [2.75, 3.05) is 45.9 Å². The molecule has 1 aliphatic rings. The molecule has 1 fully saturated rings.